The van der Waals surface area contributed by atoms with Crippen LogP contribution >= 0.6 is 23.1 Å². The molecule has 2 aromatic heterocycles. The lowest BCUT2D eigenvalue weighted by atomic mass is 9.78. The van der Waals surface area contributed by atoms with Gasteiger partial charge in [0.1, 0.15) is 17.3 Å². The largest absolute Gasteiger partial charge is 0.465 e. The van der Waals surface area contributed by atoms with E-state index in [0.29, 0.717) is 45.8 Å². The molecule has 1 aliphatic carbocycles. The van der Waals surface area contributed by atoms with Crippen LogP contribution in [0.15, 0.2) is 61.8 Å². The van der Waals surface area contributed by atoms with E-state index in [1.165, 1.54) is 23.1 Å². The van der Waals surface area contributed by atoms with E-state index >= 15 is 0 Å². The van der Waals surface area contributed by atoms with Gasteiger partial charge in [0.25, 0.3) is 0 Å². The summed E-state index contributed by atoms with van der Waals surface area (Å²) in [7, 11) is 0. The molecule has 2 aliphatic rings. The first-order valence-electron chi connectivity index (χ1n) is 12.1. The summed E-state index contributed by atoms with van der Waals surface area (Å²) >= 11 is 2.53. The number of amides is 1. The first-order chi connectivity index (χ1) is 18.3. The fourth-order valence-corrected chi connectivity index (χ4v) is 6.43. The fourth-order valence-electron chi connectivity index (χ4n) is 4.75. The number of carbonyl (C=O) groups is 2. The highest BCUT2D eigenvalue weighted by atomic mass is 32.2. The third kappa shape index (κ3) is 4.73. The number of allylic oxidation sites excluding steroid dienone is 3. The Balaban J connectivity index is 1.40. The van der Waals surface area contributed by atoms with Crippen molar-refractivity contribution in [3.05, 3.63) is 75.6 Å². The van der Waals surface area contributed by atoms with Crippen molar-refractivity contribution in [1.29, 1.82) is 5.26 Å². The number of aromatic nitrogens is 2. The Bertz CT molecular complexity index is 1540. The van der Waals surface area contributed by atoms with Crippen LogP contribution in [0, 0.1) is 32.1 Å². The molecule has 11 heteroatoms. The van der Waals surface area contributed by atoms with Crippen LogP contribution in [-0.2, 0) is 9.59 Å². The second-order valence-corrected chi connectivity index (χ2v) is 11.4. The first kappa shape index (κ1) is 25.8. The molecule has 1 aromatic carbocycles. The summed E-state index contributed by atoms with van der Waals surface area (Å²) in [5.74, 6) is 0.748. The Hall–Kier alpha value is -3.88. The monoisotopic (exact) mass is 546 g/mol. The molecule has 3 heterocycles. The minimum Gasteiger partial charge on any atom is -0.465 e. The third-order valence-corrected chi connectivity index (χ3v) is 8.79. The van der Waals surface area contributed by atoms with Crippen molar-refractivity contribution in [3.63, 3.8) is 0 Å². The molecule has 1 amide bonds. The van der Waals surface area contributed by atoms with E-state index in [2.05, 4.69) is 21.6 Å². The highest BCUT2D eigenvalue weighted by Crippen LogP contribution is 2.47. The number of nitriles is 1. The molecule has 0 radical (unpaired) electrons. The normalized spacial score (nSPS) is 17.5. The number of aryl methyl sites for hydroxylation is 2. The van der Waals surface area contributed by atoms with E-state index in [4.69, 9.17) is 10.2 Å². The predicted molar refractivity (Wildman–Crippen MR) is 147 cm³/mol. The van der Waals surface area contributed by atoms with Gasteiger partial charge in [-0.25, -0.2) is 0 Å². The van der Waals surface area contributed by atoms with Gasteiger partial charge < -0.3 is 15.5 Å². The van der Waals surface area contributed by atoms with Crippen LogP contribution in [0.4, 0.5) is 10.8 Å². The van der Waals surface area contributed by atoms with E-state index in [-0.39, 0.29) is 28.8 Å². The van der Waals surface area contributed by atoms with Crippen molar-refractivity contribution >= 4 is 45.6 Å². The molecule has 1 atom stereocenters. The average molecular weight is 547 g/mol. The zero-order chi connectivity index (χ0) is 27.0. The molecule has 3 aromatic rings. The third-order valence-electron chi connectivity index (χ3n) is 6.75. The molecular weight excluding hydrogens is 520 g/mol. The summed E-state index contributed by atoms with van der Waals surface area (Å²) in [6.07, 6.45) is 1.68. The van der Waals surface area contributed by atoms with Gasteiger partial charge in [0.2, 0.25) is 11.0 Å². The maximum Gasteiger partial charge on any atom is 0.234 e. The van der Waals surface area contributed by atoms with Gasteiger partial charge in [0.05, 0.1) is 23.3 Å². The maximum atomic E-state index is 13.2. The second kappa shape index (κ2) is 10.5. The molecule has 5 rings (SSSR count). The molecule has 0 spiro atoms. The number of carbonyl (C=O) groups excluding carboxylic acids is 2. The van der Waals surface area contributed by atoms with Gasteiger partial charge in [-0.3, -0.25) is 14.5 Å². The molecular formula is C27H26N6O3S2. The van der Waals surface area contributed by atoms with E-state index in [1.54, 1.807) is 11.0 Å². The van der Waals surface area contributed by atoms with Gasteiger partial charge in [-0.05, 0) is 62.9 Å². The maximum absolute atomic E-state index is 13.2. The summed E-state index contributed by atoms with van der Waals surface area (Å²) in [4.78, 5) is 27.4. The van der Waals surface area contributed by atoms with Crippen LogP contribution in [0.5, 0.6) is 0 Å². The molecule has 1 unspecified atom stereocenters. The van der Waals surface area contributed by atoms with Crippen LogP contribution in [-0.4, -0.2) is 27.6 Å². The SMILES string of the molecule is Cc1ccc(C2C(C#N)=C(N)N(c3nnc(SCC(=O)Nc4cccc(C)c4C)s3)C3=C2C(=O)CCC3)o1. The van der Waals surface area contributed by atoms with Crippen molar-refractivity contribution < 1.29 is 14.0 Å². The lowest BCUT2D eigenvalue weighted by Gasteiger charge is -2.37. The first-order valence-corrected chi connectivity index (χ1v) is 13.9. The van der Waals surface area contributed by atoms with Crippen molar-refractivity contribution in [2.45, 2.75) is 50.3 Å². The number of nitrogens with two attached hydrogens (primary N) is 1. The zero-order valence-corrected chi connectivity index (χ0v) is 22.8. The Kier molecular flexibility index (Phi) is 7.10. The van der Waals surface area contributed by atoms with Crippen LogP contribution in [0.1, 0.15) is 47.8 Å². The van der Waals surface area contributed by atoms with Crippen LogP contribution in [0.3, 0.4) is 0 Å². The van der Waals surface area contributed by atoms with E-state index in [1.807, 2.05) is 45.0 Å². The zero-order valence-electron chi connectivity index (χ0n) is 21.2. The number of thioether (sulfide) groups is 1. The smallest absolute Gasteiger partial charge is 0.234 e. The summed E-state index contributed by atoms with van der Waals surface area (Å²) in [5, 5.41) is 22.0. The second-order valence-electron chi connectivity index (χ2n) is 9.20. The lowest BCUT2D eigenvalue weighted by Crippen LogP contribution is -2.38. The molecule has 0 bridgehead atoms. The topological polar surface area (TPSA) is 138 Å². The van der Waals surface area contributed by atoms with Crippen molar-refractivity contribution in [2.75, 3.05) is 16.0 Å². The number of Topliss-reactive ketones (excluding diaryl/α,β-unsaturated/α-hetero) is 1. The number of hydrogen-bond donors (Lipinski definition) is 2. The number of rotatable bonds is 6. The number of nitrogens with zero attached hydrogens (tertiary/aromatic N) is 4. The lowest BCUT2D eigenvalue weighted by molar-refractivity contribution is -0.116. The number of ketones is 1. The molecule has 0 fully saturated rings. The van der Waals surface area contributed by atoms with Crippen LogP contribution in [0.2, 0.25) is 0 Å². The quantitative estimate of drug-likeness (QED) is 0.405. The van der Waals surface area contributed by atoms with Gasteiger partial charge in [0, 0.05) is 23.4 Å². The van der Waals surface area contributed by atoms with Gasteiger partial charge in [-0.15, -0.1) is 10.2 Å². The Labute approximate surface area is 228 Å². The van der Waals surface area contributed by atoms with E-state index < -0.39 is 5.92 Å². The number of hydrogen-bond acceptors (Lipinski definition) is 10. The summed E-state index contributed by atoms with van der Waals surface area (Å²) < 4.78 is 6.42. The van der Waals surface area contributed by atoms with E-state index in [0.717, 1.165) is 22.5 Å². The highest BCUT2D eigenvalue weighted by molar-refractivity contribution is 8.01. The van der Waals surface area contributed by atoms with Crippen LogP contribution < -0.4 is 16.0 Å². The molecule has 194 valence electrons. The summed E-state index contributed by atoms with van der Waals surface area (Å²) in [5.41, 5.74) is 11.0. The Morgan fingerprint density at radius 1 is 1.26 bits per heavy atom. The Morgan fingerprint density at radius 2 is 2.08 bits per heavy atom. The van der Waals surface area contributed by atoms with Crippen LogP contribution in [0.25, 0.3) is 0 Å². The molecule has 38 heavy (non-hydrogen) atoms. The van der Waals surface area contributed by atoms with E-state index in [9.17, 15) is 14.9 Å². The van der Waals surface area contributed by atoms with Crippen molar-refractivity contribution in [3.8, 4) is 6.07 Å². The standard InChI is InChI=1S/C27H26N6O3S2/c1-14-6-4-7-18(16(14)3)30-22(35)13-37-27-32-31-26(38-27)33-19-8-5-9-20(34)24(19)23(17(12-28)25(33)29)21-11-10-15(2)36-21/h4,6-7,10-11,23H,5,8-9,13,29H2,1-3H3,(H,30,35). The number of nitrogens with one attached hydrogen (secondary N) is 1. The van der Waals surface area contributed by atoms with Gasteiger partial charge in [-0.1, -0.05) is 35.2 Å². The fraction of sp³-hybridized carbons (Fsp3) is 0.296. The summed E-state index contributed by atoms with van der Waals surface area (Å²) in [6, 6.07) is 11.6. The van der Waals surface area contributed by atoms with Gasteiger partial charge in [0.15, 0.2) is 10.1 Å². The molecule has 1 aliphatic heterocycles. The minimum absolute atomic E-state index is 0.0298. The Morgan fingerprint density at radius 3 is 2.82 bits per heavy atom. The van der Waals surface area contributed by atoms with Crippen molar-refractivity contribution in [2.24, 2.45) is 5.73 Å². The molecule has 0 saturated heterocycles. The number of benzene rings is 1. The predicted octanol–water partition coefficient (Wildman–Crippen LogP) is 5.09. The van der Waals surface area contributed by atoms with Gasteiger partial charge >= 0.3 is 0 Å². The minimum atomic E-state index is -0.650. The highest BCUT2D eigenvalue weighted by Gasteiger charge is 2.42. The number of furan rings is 1. The van der Waals surface area contributed by atoms with Gasteiger partial charge in [-0.2, -0.15) is 5.26 Å². The molecule has 0 saturated carbocycles. The average Bonchev–Trinajstić information content (AvgIpc) is 3.54. The number of anilines is 2. The molecule has 9 nitrogen and oxygen atoms in total. The van der Waals surface area contributed by atoms with Crippen molar-refractivity contribution in [1.82, 2.24) is 10.2 Å². The summed E-state index contributed by atoms with van der Waals surface area (Å²) in [6.45, 7) is 5.79. The molecule has 3 N–H and O–H groups in total.